The van der Waals surface area contributed by atoms with Crippen LogP contribution < -0.4 is 5.32 Å². The van der Waals surface area contributed by atoms with Crippen LogP contribution in [0.15, 0.2) is 54.6 Å². The molecule has 4 nitrogen and oxygen atoms in total. The van der Waals surface area contributed by atoms with Gasteiger partial charge in [-0.2, -0.15) is 0 Å². The van der Waals surface area contributed by atoms with E-state index >= 15 is 0 Å². The number of halogens is 1. The van der Waals surface area contributed by atoms with Crippen molar-refractivity contribution >= 4 is 11.7 Å². The van der Waals surface area contributed by atoms with Gasteiger partial charge in [-0.3, -0.25) is 9.59 Å². The van der Waals surface area contributed by atoms with Crippen LogP contribution in [0.1, 0.15) is 41.3 Å². The molecular weight excluding hydrogens is 309 g/mol. The van der Waals surface area contributed by atoms with Crippen LogP contribution in [0.3, 0.4) is 0 Å². The SMILES string of the molecule is O=C(CCC(=O)c1ccc(F)cc1)NCCC(O)c1ccccc1. The lowest BCUT2D eigenvalue weighted by Crippen LogP contribution is -2.26. The average molecular weight is 329 g/mol. The van der Waals surface area contributed by atoms with Crippen LogP contribution in [0.2, 0.25) is 0 Å². The summed E-state index contributed by atoms with van der Waals surface area (Å²) in [5, 5.41) is 12.7. The van der Waals surface area contributed by atoms with E-state index in [1.54, 1.807) is 0 Å². The van der Waals surface area contributed by atoms with Gasteiger partial charge in [-0.05, 0) is 36.2 Å². The monoisotopic (exact) mass is 329 g/mol. The lowest BCUT2D eigenvalue weighted by Gasteiger charge is -2.11. The smallest absolute Gasteiger partial charge is 0.220 e. The van der Waals surface area contributed by atoms with Gasteiger partial charge in [0.25, 0.3) is 0 Å². The van der Waals surface area contributed by atoms with Crippen molar-refractivity contribution in [1.82, 2.24) is 5.32 Å². The molecular formula is C19H20FNO3. The fourth-order valence-corrected chi connectivity index (χ4v) is 2.29. The molecule has 0 heterocycles. The van der Waals surface area contributed by atoms with Crippen molar-refractivity contribution in [3.8, 4) is 0 Å². The Kier molecular flexibility index (Phi) is 6.63. The van der Waals surface area contributed by atoms with Gasteiger partial charge in [-0.1, -0.05) is 30.3 Å². The molecule has 2 N–H and O–H groups in total. The van der Waals surface area contributed by atoms with Crippen molar-refractivity contribution in [3.63, 3.8) is 0 Å². The van der Waals surface area contributed by atoms with E-state index in [1.807, 2.05) is 30.3 Å². The number of amides is 1. The maximum Gasteiger partial charge on any atom is 0.220 e. The van der Waals surface area contributed by atoms with Crippen LogP contribution in [0.25, 0.3) is 0 Å². The second-order valence-corrected chi connectivity index (χ2v) is 5.50. The van der Waals surface area contributed by atoms with E-state index in [2.05, 4.69) is 5.32 Å². The molecule has 0 spiro atoms. The van der Waals surface area contributed by atoms with Crippen molar-refractivity contribution in [2.45, 2.75) is 25.4 Å². The Balaban J connectivity index is 1.68. The average Bonchev–Trinajstić information content (AvgIpc) is 2.61. The lowest BCUT2D eigenvalue weighted by molar-refractivity contribution is -0.121. The molecule has 2 aromatic rings. The van der Waals surface area contributed by atoms with Crippen LogP contribution in [0.4, 0.5) is 4.39 Å². The Labute approximate surface area is 140 Å². The number of aliphatic hydroxyl groups is 1. The van der Waals surface area contributed by atoms with Gasteiger partial charge in [0, 0.05) is 24.9 Å². The summed E-state index contributed by atoms with van der Waals surface area (Å²) in [4.78, 5) is 23.6. The normalized spacial score (nSPS) is 11.8. The van der Waals surface area contributed by atoms with Crippen LogP contribution in [-0.2, 0) is 4.79 Å². The first-order valence-electron chi connectivity index (χ1n) is 7.85. The topological polar surface area (TPSA) is 66.4 Å². The number of Topliss-reactive ketones (excluding diaryl/α,β-unsaturated/α-hetero) is 1. The van der Waals surface area contributed by atoms with Gasteiger partial charge in [0.05, 0.1) is 6.10 Å². The number of ketones is 1. The molecule has 24 heavy (non-hydrogen) atoms. The lowest BCUT2D eigenvalue weighted by atomic mass is 10.1. The van der Waals surface area contributed by atoms with E-state index in [4.69, 9.17) is 0 Å². The van der Waals surface area contributed by atoms with Crippen molar-refractivity contribution in [2.75, 3.05) is 6.54 Å². The number of hydrogen-bond acceptors (Lipinski definition) is 3. The van der Waals surface area contributed by atoms with Crippen molar-refractivity contribution in [1.29, 1.82) is 0 Å². The summed E-state index contributed by atoms with van der Waals surface area (Å²) in [6.45, 7) is 0.333. The zero-order valence-electron chi connectivity index (χ0n) is 13.2. The zero-order chi connectivity index (χ0) is 17.4. The molecule has 0 bridgehead atoms. The molecule has 126 valence electrons. The third kappa shape index (κ3) is 5.59. The number of hydrogen-bond donors (Lipinski definition) is 2. The summed E-state index contributed by atoms with van der Waals surface area (Å²) < 4.78 is 12.8. The highest BCUT2D eigenvalue weighted by Gasteiger charge is 2.11. The standard InChI is InChI=1S/C19H20FNO3/c20-16-8-6-15(7-9-16)17(22)10-11-19(24)21-13-12-18(23)14-4-2-1-3-5-14/h1-9,18,23H,10-13H2,(H,21,24). The highest BCUT2D eigenvalue weighted by atomic mass is 19.1. The van der Waals surface area contributed by atoms with Gasteiger partial charge < -0.3 is 10.4 Å². The largest absolute Gasteiger partial charge is 0.388 e. The fraction of sp³-hybridized carbons (Fsp3) is 0.263. The minimum Gasteiger partial charge on any atom is -0.388 e. The predicted octanol–water partition coefficient (Wildman–Crippen LogP) is 3.03. The van der Waals surface area contributed by atoms with E-state index in [9.17, 15) is 19.1 Å². The molecule has 5 heteroatoms. The van der Waals surface area contributed by atoms with Crippen molar-refractivity contribution < 1.29 is 19.1 Å². The summed E-state index contributed by atoms with van der Waals surface area (Å²) in [7, 11) is 0. The molecule has 2 aromatic carbocycles. The van der Waals surface area contributed by atoms with E-state index in [1.165, 1.54) is 24.3 Å². The first-order chi connectivity index (χ1) is 11.6. The fourth-order valence-electron chi connectivity index (χ4n) is 2.29. The molecule has 0 aliphatic rings. The summed E-state index contributed by atoms with van der Waals surface area (Å²) in [6.07, 6.45) is -0.0924. The Morgan fingerprint density at radius 3 is 2.33 bits per heavy atom. The Hall–Kier alpha value is -2.53. The number of benzene rings is 2. The van der Waals surface area contributed by atoms with Crippen LogP contribution >= 0.6 is 0 Å². The Bertz CT molecular complexity index is 671. The van der Waals surface area contributed by atoms with E-state index in [0.717, 1.165) is 5.56 Å². The molecule has 0 fully saturated rings. The zero-order valence-corrected chi connectivity index (χ0v) is 13.2. The van der Waals surface area contributed by atoms with Gasteiger partial charge in [0.1, 0.15) is 5.82 Å². The number of nitrogens with one attached hydrogen (secondary N) is 1. The summed E-state index contributed by atoms with van der Waals surface area (Å²) >= 11 is 0. The summed E-state index contributed by atoms with van der Waals surface area (Å²) in [5.41, 5.74) is 1.20. The van der Waals surface area contributed by atoms with Crippen molar-refractivity contribution in [2.24, 2.45) is 0 Å². The first-order valence-corrected chi connectivity index (χ1v) is 7.85. The molecule has 2 rings (SSSR count). The van der Waals surface area contributed by atoms with Crippen molar-refractivity contribution in [3.05, 3.63) is 71.5 Å². The maximum absolute atomic E-state index is 12.8. The molecule has 1 unspecified atom stereocenters. The molecule has 0 radical (unpaired) electrons. The molecule has 0 saturated heterocycles. The summed E-state index contributed by atoms with van der Waals surface area (Å²) in [5.74, 6) is -0.846. The Morgan fingerprint density at radius 1 is 1.00 bits per heavy atom. The van der Waals surface area contributed by atoms with Crippen LogP contribution in [0.5, 0.6) is 0 Å². The Morgan fingerprint density at radius 2 is 1.67 bits per heavy atom. The van der Waals surface area contributed by atoms with Gasteiger partial charge in [-0.15, -0.1) is 0 Å². The van der Waals surface area contributed by atoms with E-state index in [-0.39, 0.29) is 24.5 Å². The van der Waals surface area contributed by atoms with Gasteiger partial charge in [0.2, 0.25) is 5.91 Å². The predicted molar refractivity (Wildman–Crippen MR) is 89.0 cm³/mol. The van der Waals surface area contributed by atoms with Crippen LogP contribution in [0, 0.1) is 5.82 Å². The molecule has 1 atom stereocenters. The summed E-state index contributed by atoms with van der Waals surface area (Å²) in [6, 6.07) is 14.5. The number of aliphatic hydroxyl groups excluding tert-OH is 1. The van der Waals surface area contributed by atoms with E-state index in [0.29, 0.717) is 18.5 Å². The molecule has 0 saturated carbocycles. The third-order valence-electron chi connectivity index (χ3n) is 3.67. The molecule has 0 aromatic heterocycles. The number of rotatable bonds is 8. The van der Waals surface area contributed by atoms with Crippen LogP contribution in [-0.4, -0.2) is 23.3 Å². The molecule has 1 amide bonds. The highest BCUT2D eigenvalue weighted by molar-refractivity contribution is 5.97. The maximum atomic E-state index is 12.8. The first kappa shape index (κ1) is 17.8. The minimum atomic E-state index is -0.632. The quantitative estimate of drug-likeness (QED) is 0.732. The second-order valence-electron chi connectivity index (χ2n) is 5.50. The third-order valence-corrected chi connectivity index (χ3v) is 3.67. The molecule has 0 aliphatic heterocycles. The van der Waals surface area contributed by atoms with Gasteiger partial charge in [0.15, 0.2) is 5.78 Å². The highest BCUT2D eigenvalue weighted by Crippen LogP contribution is 2.15. The van der Waals surface area contributed by atoms with Gasteiger partial charge in [-0.25, -0.2) is 4.39 Å². The van der Waals surface area contributed by atoms with Gasteiger partial charge >= 0.3 is 0 Å². The second kappa shape index (κ2) is 8.93. The van der Waals surface area contributed by atoms with E-state index < -0.39 is 11.9 Å². The molecule has 0 aliphatic carbocycles. The number of carbonyl (C=O) groups is 2. The number of carbonyl (C=O) groups excluding carboxylic acids is 2. The minimum absolute atomic E-state index is 0.0671.